The lowest BCUT2D eigenvalue weighted by atomic mass is 10.1. The highest BCUT2D eigenvalue weighted by Crippen LogP contribution is 2.34. The average Bonchev–Trinajstić information content (AvgIpc) is 2.97. The van der Waals surface area contributed by atoms with Gasteiger partial charge in [0.1, 0.15) is 5.00 Å². The number of nitrogens with one attached hydrogen (secondary N) is 2. The summed E-state index contributed by atoms with van der Waals surface area (Å²) in [5.74, 6) is -1.22. The van der Waals surface area contributed by atoms with Gasteiger partial charge in [-0.15, -0.1) is 11.3 Å². The predicted octanol–water partition coefficient (Wildman–Crippen LogP) is 3.41. The number of carbonyl (C=O) groups is 3. The summed E-state index contributed by atoms with van der Waals surface area (Å²) in [6, 6.07) is 7.24. The molecule has 0 saturated heterocycles. The maximum atomic E-state index is 12.5. The second-order valence-electron chi connectivity index (χ2n) is 5.56. The second-order valence-corrected chi connectivity index (χ2v) is 6.59. The molecular weight excluding hydrogens is 352 g/mol. The number of rotatable bonds is 6. The van der Waals surface area contributed by atoms with Crippen molar-refractivity contribution < 1.29 is 19.1 Å². The monoisotopic (exact) mass is 374 g/mol. The topological polar surface area (TPSA) is 84.5 Å². The molecule has 0 aliphatic heterocycles. The van der Waals surface area contributed by atoms with Crippen LogP contribution in [0.4, 0.5) is 5.00 Å². The predicted molar refractivity (Wildman–Crippen MR) is 102 cm³/mol. The van der Waals surface area contributed by atoms with E-state index >= 15 is 0 Å². The summed E-state index contributed by atoms with van der Waals surface area (Å²) in [7, 11) is 1.51. The highest BCUT2D eigenvalue weighted by Gasteiger charge is 2.26. The number of thiophene rings is 1. The third kappa shape index (κ3) is 4.11. The standard InChI is InChI=1S/C19H22N2O4S/c1-5-12-7-9-13(10-8-12)16(22)21-18-14(19(24)25-6-2)11(3)15(26-18)17(23)20-4/h7-10H,5-6H2,1-4H3,(H,20,23)(H,21,22). The van der Waals surface area contributed by atoms with Crippen LogP contribution in [0.3, 0.4) is 0 Å². The molecule has 0 spiro atoms. The first-order chi connectivity index (χ1) is 12.4. The van der Waals surface area contributed by atoms with E-state index in [1.807, 2.05) is 19.1 Å². The van der Waals surface area contributed by atoms with E-state index in [9.17, 15) is 14.4 Å². The van der Waals surface area contributed by atoms with Gasteiger partial charge in [0.15, 0.2) is 0 Å². The molecule has 0 aliphatic rings. The van der Waals surface area contributed by atoms with Crippen molar-refractivity contribution >= 4 is 34.1 Å². The van der Waals surface area contributed by atoms with Gasteiger partial charge in [-0.25, -0.2) is 4.79 Å². The number of aryl methyl sites for hydroxylation is 1. The zero-order valence-corrected chi connectivity index (χ0v) is 16.1. The zero-order valence-electron chi connectivity index (χ0n) is 15.3. The Morgan fingerprint density at radius 3 is 2.27 bits per heavy atom. The van der Waals surface area contributed by atoms with Crippen molar-refractivity contribution in [2.45, 2.75) is 27.2 Å². The van der Waals surface area contributed by atoms with Gasteiger partial charge >= 0.3 is 5.97 Å². The molecule has 0 radical (unpaired) electrons. The Bertz CT molecular complexity index is 825. The van der Waals surface area contributed by atoms with E-state index in [1.165, 1.54) is 7.05 Å². The molecule has 7 heteroatoms. The number of amides is 2. The van der Waals surface area contributed by atoms with Gasteiger partial charge < -0.3 is 15.4 Å². The average molecular weight is 374 g/mol. The molecule has 1 heterocycles. The molecule has 0 bridgehead atoms. The largest absolute Gasteiger partial charge is 0.462 e. The van der Waals surface area contributed by atoms with Gasteiger partial charge in [0.05, 0.1) is 17.0 Å². The summed E-state index contributed by atoms with van der Waals surface area (Å²) in [6.45, 7) is 5.61. The third-order valence-corrected chi connectivity index (χ3v) is 5.12. The summed E-state index contributed by atoms with van der Waals surface area (Å²) < 4.78 is 5.08. The van der Waals surface area contributed by atoms with Crippen LogP contribution in [0, 0.1) is 6.92 Å². The van der Waals surface area contributed by atoms with Crippen molar-refractivity contribution in [2.75, 3.05) is 19.0 Å². The Morgan fingerprint density at radius 2 is 1.73 bits per heavy atom. The fourth-order valence-electron chi connectivity index (χ4n) is 2.45. The van der Waals surface area contributed by atoms with E-state index in [2.05, 4.69) is 10.6 Å². The van der Waals surface area contributed by atoms with Crippen LogP contribution in [-0.2, 0) is 11.2 Å². The van der Waals surface area contributed by atoms with Crippen molar-refractivity contribution in [3.05, 3.63) is 51.4 Å². The molecule has 0 atom stereocenters. The lowest BCUT2D eigenvalue weighted by Gasteiger charge is -2.07. The molecule has 0 fully saturated rings. The minimum atomic E-state index is -0.562. The molecule has 0 saturated carbocycles. The van der Waals surface area contributed by atoms with Gasteiger partial charge in [-0.1, -0.05) is 19.1 Å². The van der Waals surface area contributed by atoms with Crippen LogP contribution in [0.5, 0.6) is 0 Å². The minimum absolute atomic E-state index is 0.204. The first kappa shape index (κ1) is 19.7. The quantitative estimate of drug-likeness (QED) is 0.759. The number of carbonyl (C=O) groups excluding carboxylic acids is 3. The van der Waals surface area contributed by atoms with E-state index in [0.29, 0.717) is 21.0 Å². The Hall–Kier alpha value is -2.67. The Labute approximate surface area is 156 Å². The summed E-state index contributed by atoms with van der Waals surface area (Å²) in [4.78, 5) is 37.3. The Kier molecular flexibility index (Phi) is 6.52. The lowest BCUT2D eigenvalue weighted by molar-refractivity contribution is 0.0527. The molecule has 1 aromatic carbocycles. The van der Waals surface area contributed by atoms with Gasteiger partial charge in [0.25, 0.3) is 11.8 Å². The van der Waals surface area contributed by atoms with Crippen molar-refractivity contribution in [3.8, 4) is 0 Å². The summed E-state index contributed by atoms with van der Waals surface area (Å²) in [5, 5.41) is 5.59. The van der Waals surface area contributed by atoms with Crippen LogP contribution in [-0.4, -0.2) is 31.4 Å². The van der Waals surface area contributed by atoms with Crippen molar-refractivity contribution in [1.82, 2.24) is 5.32 Å². The molecule has 26 heavy (non-hydrogen) atoms. The molecule has 2 aromatic rings. The minimum Gasteiger partial charge on any atom is -0.462 e. The molecule has 138 valence electrons. The molecule has 1 aromatic heterocycles. The van der Waals surface area contributed by atoms with Crippen molar-refractivity contribution in [2.24, 2.45) is 0 Å². The number of hydrogen-bond acceptors (Lipinski definition) is 5. The van der Waals surface area contributed by atoms with Crippen LogP contribution in [0.25, 0.3) is 0 Å². The lowest BCUT2D eigenvalue weighted by Crippen LogP contribution is -2.18. The Balaban J connectivity index is 2.38. The highest BCUT2D eigenvalue weighted by atomic mass is 32.1. The van der Waals surface area contributed by atoms with Crippen LogP contribution >= 0.6 is 11.3 Å². The molecule has 2 N–H and O–H groups in total. The molecule has 6 nitrogen and oxygen atoms in total. The van der Waals surface area contributed by atoms with E-state index in [-0.39, 0.29) is 24.0 Å². The van der Waals surface area contributed by atoms with Crippen molar-refractivity contribution in [3.63, 3.8) is 0 Å². The summed E-state index contributed by atoms with van der Waals surface area (Å²) in [6.07, 6.45) is 0.883. The molecule has 2 amide bonds. The SMILES string of the molecule is CCOC(=O)c1c(NC(=O)c2ccc(CC)cc2)sc(C(=O)NC)c1C. The van der Waals surface area contributed by atoms with E-state index in [4.69, 9.17) is 4.74 Å². The fourth-order valence-corrected chi connectivity index (χ4v) is 3.58. The van der Waals surface area contributed by atoms with Gasteiger partial charge in [-0.3, -0.25) is 9.59 Å². The van der Waals surface area contributed by atoms with Crippen molar-refractivity contribution in [1.29, 1.82) is 0 Å². The normalized spacial score (nSPS) is 10.3. The molecule has 0 aliphatic carbocycles. The van der Waals surface area contributed by atoms with E-state index in [1.54, 1.807) is 26.0 Å². The summed E-state index contributed by atoms with van der Waals surface area (Å²) in [5.41, 5.74) is 2.31. The Morgan fingerprint density at radius 1 is 1.08 bits per heavy atom. The second kappa shape index (κ2) is 8.62. The van der Waals surface area contributed by atoms with Gasteiger partial charge in [0, 0.05) is 12.6 Å². The van der Waals surface area contributed by atoms with Gasteiger partial charge in [0.2, 0.25) is 0 Å². The molecule has 0 unspecified atom stereocenters. The zero-order chi connectivity index (χ0) is 19.3. The highest BCUT2D eigenvalue weighted by molar-refractivity contribution is 7.18. The van der Waals surface area contributed by atoms with Crippen LogP contribution in [0.1, 0.15) is 55.4 Å². The maximum Gasteiger partial charge on any atom is 0.341 e. The maximum absolute atomic E-state index is 12.5. The fraction of sp³-hybridized carbons (Fsp3) is 0.316. The van der Waals surface area contributed by atoms with Crippen LogP contribution < -0.4 is 10.6 Å². The molecule has 2 rings (SSSR count). The van der Waals surface area contributed by atoms with E-state index in [0.717, 1.165) is 23.3 Å². The number of anilines is 1. The summed E-state index contributed by atoms with van der Waals surface area (Å²) >= 11 is 1.06. The first-order valence-electron chi connectivity index (χ1n) is 8.35. The van der Waals surface area contributed by atoms with E-state index < -0.39 is 5.97 Å². The number of esters is 1. The molecular formula is C19H22N2O4S. The van der Waals surface area contributed by atoms with Gasteiger partial charge in [-0.2, -0.15) is 0 Å². The number of hydrogen-bond donors (Lipinski definition) is 2. The van der Waals surface area contributed by atoms with Gasteiger partial charge in [-0.05, 0) is 43.5 Å². The first-order valence-corrected chi connectivity index (χ1v) is 9.17. The third-order valence-electron chi connectivity index (χ3n) is 3.91. The number of benzene rings is 1. The van der Waals surface area contributed by atoms with Crippen LogP contribution in [0.2, 0.25) is 0 Å². The van der Waals surface area contributed by atoms with Crippen LogP contribution in [0.15, 0.2) is 24.3 Å². The smallest absolute Gasteiger partial charge is 0.341 e. The number of ether oxygens (including phenoxy) is 1.